The normalized spacial score (nSPS) is 10.1. The average molecular weight is 326 g/mol. The van der Waals surface area contributed by atoms with Crippen LogP contribution in [0.3, 0.4) is 0 Å². The number of nitrogens with one attached hydrogen (secondary N) is 1. The fourth-order valence-electron chi connectivity index (χ4n) is 1.37. The lowest BCUT2D eigenvalue weighted by Gasteiger charge is -2.06. The van der Waals surface area contributed by atoms with Crippen LogP contribution in [-0.2, 0) is 0 Å². The van der Waals surface area contributed by atoms with E-state index in [2.05, 4.69) is 31.2 Å². The van der Waals surface area contributed by atoms with Gasteiger partial charge in [0.1, 0.15) is 16.2 Å². The quantitative estimate of drug-likeness (QED) is 0.942. The van der Waals surface area contributed by atoms with Gasteiger partial charge in [-0.25, -0.2) is 14.4 Å². The van der Waals surface area contributed by atoms with Crippen LogP contribution in [0.5, 0.6) is 5.75 Å². The first-order valence-electron chi connectivity index (χ1n) is 5.22. The molecular weight excluding hydrogens is 317 g/mol. The van der Waals surface area contributed by atoms with E-state index in [1.165, 1.54) is 31.6 Å². The number of anilines is 1. The van der Waals surface area contributed by atoms with E-state index in [0.29, 0.717) is 10.4 Å². The fourth-order valence-corrected chi connectivity index (χ4v) is 1.57. The highest BCUT2D eigenvalue weighted by molar-refractivity contribution is 9.10. The van der Waals surface area contributed by atoms with Crippen molar-refractivity contribution in [1.29, 1.82) is 0 Å². The van der Waals surface area contributed by atoms with Crippen molar-refractivity contribution in [3.63, 3.8) is 0 Å². The minimum absolute atomic E-state index is 0.0921. The van der Waals surface area contributed by atoms with E-state index in [1.807, 2.05) is 0 Å². The van der Waals surface area contributed by atoms with Crippen LogP contribution in [0.25, 0.3) is 0 Å². The van der Waals surface area contributed by atoms with Crippen molar-refractivity contribution in [2.24, 2.45) is 0 Å². The molecule has 0 aliphatic rings. The van der Waals surface area contributed by atoms with Crippen LogP contribution < -0.4 is 10.1 Å². The van der Waals surface area contributed by atoms with Crippen molar-refractivity contribution in [2.75, 3.05) is 12.4 Å². The van der Waals surface area contributed by atoms with Gasteiger partial charge in [-0.3, -0.25) is 4.79 Å². The molecule has 0 aliphatic heterocycles. The lowest BCUT2D eigenvalue weighted by atomic mass is 10.2. The second-order valence-electron chi connectivity index (χ2n) is 3.52. The third-order valence-corrected chi connectivity index (χ3v) is 2.69. The van der Waals surface area contributed by atoms with Crippen LogP contribution in [0.4, 0.5) is 10.2 Å². The number of aromatic nitrogens is 2. The summed E-state index contributed by atoms with van der Waals surface area (Å²) >= 11 is 3.12. The number of carbonyl (C=O) groups is 1. The van der Waals surface area contributed by atoms with Gasteiger partial charge in [0.2, 0.25) is 0 Å². The van der Waals surface area contributed by atoms with Crippen LogP contribution >= 0.6 is 15.9 Å². The molecule has 2 aromatic rings. The summed E-state index contributed by atoms with van der Waals surface area (Å²) in [6.07, 6.45) is 2.80. The molecule has 7 heteroatoms. The molecule has 0 fully saturated rings. The lowest BCUT2D eigenvalue weighted by molar-refractivity contribution is 0.102. The van der Waals surface area contributed by atoms with Crippen LogP contribution in [0.15, 0.2) is 35.2 Å². The Morgan fingerprint density at radius 3 is 2.74 bits per heavy atom. The molecular formula is C12H9BrFN3O2. The molecule has 1 amide bonds. The number of hydrogen-bond donors (Lipinski definition) is 1. The molecule has 0 aliphatic carbocycles. The summed E-state index contributed by atoms with van der Waals surface area (Å²) in [7, 11) is 1.42. The average Bonchev–Trinajstić information content (AvgIpc) is 2.41. The Labute approximate surface area is 117 Å². The number of methoxy groups -OCH3 is 1. The lowest BCUT2D eigenvalue weighted by Crippen LogP contribution is -2.14. The summed E-state index contributed by atoms with van der Waals surface area (Å²) in [5, 5.41) is 2.45. The van der Waals surface area contributed by atoms with Crippen LogP contribution in [0.1, 0.15) is 10.4 Å². The topological polar surface area (TPSA) is 64.1 Å². The Bertz CT molecular complexity index is 604. The second-order valence-corrected chi connectivity index (χ2v) is 4.34. The maximum absolute atomic E-state index is 13.7. The van der Waals surface area contributed by atoms with Crippen molar-refractivity contribution in [3.05, 3.63) is 46.6 Å². The minimum Gasteiger partial charge on any atom is -0.497 e. The minimum atomic E-state index is -0.665. The van der Waals surface area contributed by atoms with Crippen molar-refractivity contribution in [2.45, 2.75) is 0 Å². The molecule has 1 N–H and O–H groups in total. The highest BCUT2D eigenvalue weighted by atomic mass is 79.9. The Morgan fingerprint density at radius 1 is 1.37 bits per heavy atom. The van der Waals surface area contributed by atoms with E-state index >= 15 is 0 Å². The highest BCUT2D eigenvalue weighted by Crippen LogP contribution is 2.17. The first-order valence-corrected chi connectivity index (χ1v) is 6.02. The number of hydrogen-bond acceptors (Lipinski definition) is 4. The van der Waals surface area contributed by atoms with Crippen molar-refractivity contribution < 1.29 is 13.9 Å². The number of halogens is 2. The summed E-state index contributed by atoms with van der Waals surface area (Å²) in [5.41, 5.74) is -0.0921. The Kier molecular flexibility index (Phi) is 4.06. The Balaban J connectivity index is 2.18. The third-order valence-electron chi connectivity index (χ3n) is 2.28. The monoisotopic (exact) mass is 325 g/mol. The van der Waals surface area contributed by atoms with Gasteiger partial charge in [-0.1, -0.05) is 0 Å². The zero-order valence-corrected chi connectivity index (χ0v) is 11.4. The van der Waals surface area contributed by atoms with E-state index in [9.17, 15) is 9.18 Å². The Morgan fingerprint density at radius 2 is 2.16 bits per heavy atom. The van der Waals surface area contributed by atoms with E-state index in [4.69, 9.17) is 4.74 Å². The van der Waals surface area contributed by atoms with Gasteiger partial charge in [0.15, 0.2) is 5.82 Å². The van der Waals surface area contributed by atoms with Crippen LogP contribution in [0, 0.1) is 5.82 Å². The summed E-state index contributed by atoms with van der Waals surface area (Å²) in [6, 6.07) is 3.99. The molecule has 0 spiro atoms. The first-order chi connectivity index (χ1) is 9.10. The molecule has 0 radical (unpaired) electrons. The SMILES string of the molecule is COc1ccc(C(=O)Nc2cnc(Br)cn2)c(F)c1. The third kappa shape index (κ3) is 3.25. The Hall–Kier alpha value is -2.02. The van der Waals surface area contributed by atoms with Gasteiger partial charge in [0, 0.05) is 6.07 Å². The number of amides is 1. The summed E-state index contributed by atoms with van der Waals surface area (Å²) in [4.78, 5) is 19.7. The number of ether oxygens (including phenoxy) is 1. The van der Waals surface area contributed by atoms with E-state index in [1.54, 1.807) is 0 Å². The number of nitrogens with zero attached hydrogens (tertiary/aromatic N) is 2. The van der Waals surface area contributed by atoms with Crippen molar-refractivity contribution in [3.8, 4) is 5.75 Å². The van der Waals surface area contributed by atoms with Gasteiger partial charge >= 0.3 is 0 Å². The van der Waals surface area contributed by atoms with Crippen LogP contribution in [0.2, 0.25) is 0 Å². The molecule has 19 heavy (non-hydrogen) atoms. The van der Waals surface area contributed by atoms with Gasteiger partial charge in [0.25, 0.3) is 5.91 Å². The largest absolute Gasteiger partial charge is 0.497 e. The number of benzene rings is 1. The summed E-state index contributed by atoms with van der Waals surface area (Å²) in [5.74, 6) is -0.681. The van der Waals surface area contributed by atoms with E-state index < -0.39 is 11.7 Å². The summed E-state index contributed by atoms with van der Waals surface area (Å²) < 4.78 is 19.1. The molecule has 0 unspecified atom stereocenters. The first kappa shape index (κ1) is 13.4. The molecule has 1 aromatic heterocycles. The second kappa shape index (κ2) is 5.75. The van der Waals surface area contributed by atoms with E-state index in [0.717, 1.165) is 6.07 Å². The fraction of sp³-hybridized carbons (Fsp3) is 0.0833. The predicted molar refractivity (Wildman–Crippen MR) is 70.6 cm³/mol. The molecule has 0 saturated heterocycles. The maximum Gasteiger partial charge on any atom is 0.259 e. The van der Waals surface area contributed by atoms with Crippen molar-refractivity contribution >= 4 is 27.7 Å². The molecule has 98 valence electrons. The zero-order valence-electron chi connectivity index (χ0n) is 9.85. The van der Waals surface area contributed by atoms with Crippen molar-refractivity contribution in [1.82, 2.24) is 9.97 Å². The zero-order chi connectivity index (χ0) is 13.8. The van der Waals surface area contributed by atoms with Gasteiger partial charge in [0.05, 0.1) is 25.1 Å². The molecule has 1 heterocycles. The highest BCUT2D eigenvalue weighted by Gasteiger charge is 2.13. The van der Waals surface area contributed by atoms with Gasteiger partial charge in [-0.05, 0) is 28.1 Å². The molecule has 0 bridgehead atoms. The smallest absolute Gasteiger partial charge is 0.259 e. The summed E-state index contributed by atoms with van der Waals surface area (Å²) in [6.45, 7) is 0. The molecule has 0 atom stereocenters. The van der Waals surface area contributed by atoms with E-state index in [-0.39, 0.29) is 11.4 Å². The number of carbonyl (C=O) groups excluding carboxylic acids is 1. The van der Waals surface area contributed by atoms with Gasteiger partial charge in [-0.15, -0.1) is 0 Å². The van der Waals surface area contributed by atoms with Gasteiger partial charge in [-0.2, -0.15) is 0 Å². The van der Waals surface area contributed by atoms with Crippen LogP contribution in [-0.4, -0.2) is 23.0 Å². The maximum atomic E-state index is 13.7. The molecule has 1 aromatic carbocycles. The predicted octanol–water partition coefficient (Wildman–Crippen LogP) is 2.64. The molecule has 5 nitrogen and oxygen atoms in total. The number of rotatable bonds is 3. The van der Waals surface area contributed by atoms with Gasteiger partial charge < -0.3 is 10.1 Å². The molecule has 2 rings (SSSR count). The molecule has 0 saturated carbocycles. The standard InChI is InChI=1S/C12H9BrFN3O2/c1-19-7-2-3-8(9(14)4-7)12(18)17-11-6-15-10(13)5-16-11/h2-6H,1H3,(H,16,17,18).